The zero-order valence-electron chi connectivity index (χ0n) is 8.13. The van der Waals surface area contributed by atoms with Gasteiger partial charge in [0.1, 0.15) is 14.9 Å². The van der Waals surface area contributed by atoms with Crippen LogP contribution < -0.4 is 5.19 Å². The first-order chi connectivity index (χ1) is 6.15. The number of carbonyl (C=O) groups is 1. The maximum absolute atomic E-state index is 11.2. The lowest BCUT2D eigenvalue weighted by Crippen LogP contribution is -2.24. The van der Waals surface area contributed by atoms with Crippen LogP contribution in [0.25, 0.3) is 0 Å². The van der Waals surface area contributed by atoms with E-state index in [1.807, 2.05) is 6.07 Å². The maximum atomic E-state index is 11.2. The van der Waals surface area contributed by atoms with E-state index >= 15 is 0 Å². The molecule has 0 aliphatic heterocycles. The van der Waals surface area contributed by atoms with Crippen molar-refractivity contribution < 1.29 is 4.79 Å². The van der Waals surface area contributed by atoms with Crippen LogP contribution in [-0.2, 0) is 4.79 Å². The zero-order valence-corrected chi connectivity index (χ0v) is 9.55. The number of allylic oxidation sites excluding steroid dienone is 1. The average Bonchev–Trinajstić information content (AvgIpc) is 2.13. The van der Waals surface area contributed by atoms with Crippen molar-refractivity contribution >= 4 is 20.1 Å². The fraction of sp³-hybridized carbons (Fsp3) is 0.182. The number of hydrogen-bond acceptors (Lipinski definition) is 1. The standard InChI is InChI=1S/C11H14OSi/c1-4-11(12)13-10-7-5-6-8(2)9(10)3/h4-7H,1,13H2,2-3H3. The van der Waals surface area contributed by atoms with Crippen LogP contribution in [0.1, 0.15) is 11.1 Å². The molecule has 0 saturated heterocycles. The van der Waals surface area contributed by atoms with Crippen LogP contribution in [0, 0.1) is 13.8 Å². The van der Waals surface area contributed by atoms with E-state index in [0.29, 0.717) is 0 Å². The monoisotopic (exact) mass is 190 g/mol. The quantitative estimate of drug-likeness (QED) is 0.509. The number of carbonyl (C=O) groups excluding carboxylic acids is 1. The molecule has 0 saturated carbocycles. The molecule has 1 rings (SSSR count). The number of hydrogen-bond donors (Lipinski definition) is 0. The van der Waals surface area contributed by atoms with E-state index in [9.17, 15) is 4.79 Å². The Morgan fingerprint density at radius 3 is 2.77 bits per heavy atom. The summed E-state index contributed by atoms with van der Waals surface area (Å²) in [6.07, 6.45) is 1.44. The molecule has 0 unspecified atom stereocenters. The molecular formula is C11H14OSi. The first-order valence-corrected chi connectivity index (χ1v) is 5.77. The molecule has 0 heterocycles. The minimum absolute atomic E-state index is 0.216. The molecule has 0 N–H and O–H groups in total. The predicted octanol–water partition coefficient (Wildman–Crippen LogP) is 0.810. The first kappa shape index (κ1) is 9.93. The van der Waals surface area contributed by atoms with Gasteiger partial charge in [0.05, 0.1) is 0 Å². The summed E-state index contributed by atoms with van der Waals surface area (Å²) in [6.45, 7) is 7.65. The predicted molar refractivity (Wildman–Crippen MR) is 59.3 cm³/mol. The molecule has 0 aliphatic carbocycles. The highest BCUT2D eigenvalue weighted by molar-refractivity contribution is 6.86. The molecule has 1 aromatic rings. The molecule has 0 aliphatic rings. The van der Waals surface area contributed by atoms with Crippen LogP contribution >= 0.6 is 0 Å². The third kappa shape index (κ3) is 2.39. The van der Waals surface area contributed by atoms with Gasteiger partial charge < -0.3 is 4.79 Å². The van der Waals surface area contributed by atoms with E-state index in [-0.39, 0.29) is 5.41 Å². The van der Waals surface area contributed by atoms with Gasteiger partial charge in [-0.1, -0.05) is 30.0 Å². The van der Waals surface area contributed by atoms with Gasteiger partial charge in [0.25, 0.3) is 0 Å². The summed E-state index contributed by atoms with van der Waals surface area (Å²) in [7, 11) is -0.794. The molecule has 0 bridgehead atoms. The topological polar surface area (TPSA) is 17.1 Å². The highest BCUT2D eigenvalue weighted by Gasteiger charge is 2.04. The Balaban J connectivity index is 2.95. The molecule has 68 valence electrons. The van der Waals surface area contributed by atoms with Crippen LogP contribution in [0.4, 0.5) is 0 Å². The van der Waals surface area contributed by atoms with Crippen LogP contribution in [-0.4, -0.2) is 14.9 Å². The van der Waals surface area contributed by atoms with Crippen molar-refractivity contribution in [3.63, 3.8) is 0 Å². The zero-order chi connectivity index (χ0) is 9.84. The molecule has 0 atom stereocenters. The highest BCUT2D eigenvalue weighted by atomic mass is 28.2. The lowest BCUT2D eigenvalue weighted by Gasteiger charge is -2.05. The summed E-state index contributed by atoms with van der Waals surface area (Å²) in [5, 5.41) is 1.46. The molecule has 0 spiro atoms. The third-order valence-corrected chi connectivity index (χ3v) is 4.09. The van der Waals surface area contributed by atoms with E-state index in [4.69, 9.17) is 0 Å². The van der Waals surface area contributed by atoms with Gasteiger partial charge in [-0.15, -0.1) is 0 Å². The number of benzene rings is 1. The van der Waals surface area contributed by atoms with E-state index < -0.39 is 9.52 Å². The maximum Gasteiger partial charge on any atom is 0.139 e. The Hall–Kier alpha value is -1.15. The van der Waals surface area contributed by atoms with Gasteiger partial charge >= 0.3 is 0 Å². The molecule has 0 radical (unpaired) electrons. The molecule has 1 aromatic carbocycles. The highest BCUT2D eigenvalue weighted by Crippen LogP contribution is 2.01. The second-order valence-electron chi connectivity index (χ2n) is 3.21. The normalized spacial score (nSPS) is 10.6. The van der Waals surface area contributed by atoms with Crippen molar-refractivity contribution in [1.82, 2.24) is 0 Å². The molecule has 1 nitrogen and oxygen atoms in total. The molecular weight excluding hydrogens is 176 g/mol. The van der Waals surface area contributed by atoms with Crippen LogP contribution in [0.5, 0.6) is 0 Å². The Labute approximate surface area is 81.3 Å². The lowest BCUT2D eigenvalue weighted by molar-refractivity contribution is -0.107. The smallest absolute Gasteiger partial charge is 0.139 e. The Morgan fingerprint density at radius 2 is 2.15 bits per heavy atom. The van der Waals surface area contributed by atoms with Crippen molar-refractivity contribution in [2.75, 3.05) is 0 Å². The summed E-state index contributed by atoms with van der Waals surface area (Å²) in [5.41, 5.74) is 2.53. The van der Waals surface area contributed by atoms with Crippen molar-refractivity contribution in [2.24, 2.45) is 0 Å². The molecule has 0 amide bonds. The summed E-state index contributed by atoms with van der Waals surface area (Å²) >= 11 is 0. The minimum atomic E-state index is -0.794. The van der Waals surface area contributed by atoms with Gasteiger partial charge in [-0.05, 0) is 31.1 Å². The minimum Gasteiger partial charge on any atom is -0.301 e. The Morgan fingerprint density at radius 1 is 1.46 bits per heavy atom. The van der Waals surface area contributed by atoms with E-state index in [2.05, 4.69) is 32.6 Å². The second-order valence-corrected chi connectivity index (χ2v) is 5.02. The van der Waals surface area contributed by atoms with Crippen molar-refractivity contribution in [3.05, 3.63) is 42.0 Å². The summed E-state index contributed by atoms with van der Waals surface area (Å²) < 4.78 is 0. The third-order valence-electron chi connectivity index (χ3n) is 2.31. The average molecular weight is 190 g/mol. The molecule has 2 heteroatoms. The molecule has 13 heavy (non-hydrogen) atoms. The van der Waals surface area contributed by atoms with Gasteiger partial charge in [0.15, 0.2) is 0 Å². The van der Waals surface area contributed by atoms with Crippen molar-refractivity contribution in [1.29, 1.82) is 0 Å². The summed E-state index contributed by atoms with van der Waals surface area (Å²) in [4.78, 5) is 11.2. The Kier molecular flexibility index (Phi) is 3.20. The largest absolute Gasteiger partial charge is 0.301 e. The first-order valence-electron chi connectivity index (χ1n) is 4.35. The van der Waals surface area contributed by atoms with Crippen molar-refractivity contribution in [2.45, 2.75) is 13.8 Å². The summed E-state index contributed by atoms with van der Waals surface area (Å²) in [6, 6.07) is 6.14. The van der Waals surface area contributed by atoms with Crippen LogP contribution in [0.2, 0.25) is 0 Å². The fourth-order valence-electron chi connectivity index (χ4n) is 1.26. The van der Waals surface area contributed by atoms with Gasteiger partial charge in [-0.3, -0.25) is 0 Å². The van der Waals surface area contributed by atoms with Crippen LogP contribution in [0.15, 0.2) is 30.9 Å². The lowest BCUT2D eigenvalue weighted by atomic mass is 10.1. The summed E-state index contributed by atoms with van der Waals surface area (Å²) in [5.74, 6) is 0. The van der Waals surface area contributed by atoms with Gasteiger partial charge in [-0.2, -0.15) is 0 Å². The fourth-order valence-corrected chi connectivity index (χ4v) is 2.58. The van der Waals surface area contributed by atoms with Crippen molar-refractivity contribution in [3.8, 4) is 0 Å². The molecule has 0 aromatic heterocycles. The SMILES string of the molecule is C=CC(=O)[SiH2]c1cccc(C)c1C. The van der Waals surface area contributed by atoms with Gasteiger partial charge in [-0.25, -0.2) is 0 Å². The van der Waals surface area contributed by atoms with Gasteiger partial charge in [0, 0.05) is 0 Å². The van der Waals surface area contributed by atoms with E-state index in [1.54, 1.807) is 0 Å². The van der Waals surface area contributed by atoms with Crippen LogP contribution in [0.3, 0.4) is 0 Å². The van der Waals surface area contributed by atoms with Gasteiger partial charge in [0.2, 0.25) is 0 Å². The number of aryl methyl sites for hydroxylation is 1. The second kappa shape index (κ2) is 4.19. The van der Waals surface area contributed by atoms with E-state index in [0.717, 1.165) is 0 Å². The Bertz CT molecular complexity index is 342. The van der Waals surface area contributed by atoms with E-state index in [1.165, 1.54) is 22.4 Å². The molecule has 0 fully saturated rings. The number of rotatable bonds is 3.